The number of benzene rings is 2. The standard InChI is InChI=1S/C15H10ClFN2S/c1-20-11-5-2-9(3-6-11)15-18-13-7-4-10(17)8-12(13)14(16)19-15/h2-8H,1H3. The average Bonchev–Trinajstić information content (AvgIpc) is 2.48. The van der Waals surface area contributed by atoms with E-state index in [1.807, 2.05) is 30.5 Å². The van der Waals surface area contributed by atoms with E-state index >= 15 is 0 Å². The van der Waals surface area contributed by atoms with E-state index in [2.05, 4.69) is 9.97 Å². The molecule has 0 saturated carbocycles. The minimum atomic E-state index is -0.347. The molecule has 1 aromatic heterocycles. The third-order valence-electron chi connectivity index (χ3n) is 2.96. The Morgan fingerprint density at radius 3 is 2.50 bits per heavy atom. The smallest absolute Gasteiger partial charge is 0.161 e. The summed E-state index contributed by atoms with van der Waals surface area (Å²) in [6.07, 6.45) is 2.02. The third kappa shape index (κ3) is 2.49. The maximum atomic E-state index is 13.2. The fourth-order valence-electron chi connectivity index (χ4n) is 1.93. The van der Waals surface area contributed by atoms with E-state index in [1.54, 1.807) is 17.8 Å². The molecular weight excluding hydrogens is 295 g/mol. The number of fused-ring (bicyclic) bond motifs is 1. The Labute approximate surface area is 125 Å². The predicted octanol–water partition coefficient (Wildman–Crippen LogP) is 4.81. The molecule has 0 unspecified atom stereocenters. The minimum absolute atomic E-state index is 0.262. The molecule has 0 aliphatic carbocycles. The van der Waals surface area contributed by atoms with Gasteiger partial charge in [0, 0.05) is 15.8 Å². The molecule has 0 saturated heterocycles. The van der Waals surface area contributed by atoms with Crippen LogP contribution in [0, 0.1) is 5.82 Å². The van der Waals surface area contributed by atoms with Gasteiger partial charge in [0.1, 0.15) is 11.0 Å². The maximum Gasteiger partial charge on any atom is 0.161 e. The molecule has 0 fully saturated rings. The van der Waals surface area contributed by atoms with Gasteiger partial charge in [-0.1, -0.05) is 23.7 Å². The zero-order valence-electron chi connectivity index (χ0n) is 10.6. The maximum absolute atomic E-state index is 13.2. The third-order valence-corrected chi connectivity index (χ3v) is 3.99. The predicted molar refractivity (Wildman–Crippen MR) is 81.7 cm³/mol. The first kappa shape index (κ1) is 13.3. The van der Waals surface area contributed by atoms with E-state index in [4.69, 9.17) is 11.6 Å². The summed E-state index contributed by atoms with van der Waals surface area (Å²) >= 11 is 7.79. The average molecular weight is 305 g/mol. The second-order valence-electron chi connectivity index (χ2n) is 4.23. The van der Waals surface area contributed by atoms with Gasteiger partial charge in [0.25, 0.3) is 0 Å². The van der Waals surface area contributed by atoms with Crippen LogP contribution in [-0.2, 0) is 0 Å². The molecule has 0 bridgehead atoms. The van der Waals surface area contributed by atoms with Gasteiger partial charge in [0.2, 0.25) is 0 Å². The molecule has 0 radical (unpaired) electrons. The summed E-state index contributed by atoms with van der Waals surface area (Å²) in [6, 6.07) is 12.2. The number of nitrogens with zero attached hydrogens (tertiary/aromatic N) is 2. The van der Waals surface area contributed by atoms with E-state index in [0.717, 1.165) is 5.56 Å². The van der Waals surface area contributed by atoms with Crippen molar-refractivity contribution in [3.8, 4) is 11.4 Å². The van der Waals surface area contributed by atoms with Crippen molar-refractivity contribution in [1.82, 2.24) is 9.97 Å². The van der Waals surface area contributed by atoms with Gasteiger partial charge >= 0.3 is 0 Å². The quantitative estimate of drug-likeness (QED) is 0.502. The highest BCUT2D eigenvalue weighted by Crippen LogP contribution is 2.26. The molecule has 2 aromatic carbocycles. The highest BCUT2D eigenvalue weighted by atomic mass is 35.5. The van der Waals surface area contributed by atoms with Gasteiger partial charge in [-0.3, -0.25) is 0 Å². The van der Waals surface area contributed by atoms with Crippen LogP contribution >= 0.6 is 23.4 Å². The van der Waals surface area contributed by atoms with Gasteiger partial charge in [-0.05, 0) is 36.6 Å². The highest BCUT2D eigenvalue weighted by molar-refractivity contribution is 7.98. The first-order chi connectivity index (χ1) is 9.67. The summed E-state index contributed by atoms with van der Waals surface area (Å²) in [6.45, 7) is 0. The Morgan fingerprint density at radius 2 is 1.80 bits per heavy atom. The second kappa shape index (κ2) is 5.38. The minimum Gasteiger partial charge on any atom is -0.228 e. The Balaban J connectivity index is 2.14. The van der Waals surface area contributed by atoms with Crippen LogP contribution in [0.1, 0.15) is 0 Å². The first-order valence-corrected chi connectivity index (χ1v) is 7.55. The molecule has 3 rings (SSSR count). The molecule has 0 aliphatic rings. The molecule has 2 nitrogen and oxygen atoms in total. The SMILES string of the molecule is CSc1ccc(-c2nc(Cl)c3cc(F)ccc3n2)cc1. The lowest BCUT2D eigenvalue weighted by molar-refractivity contribution is 0.629. The Hall–Kier alpha value is -1.65. The van der Waals surface area contributed by atoms with E-state index in [1.165, 1.54) is 17.0 Å². The lowest BCUT2D eigenvalue weighted by Crippen LogP contribution is -1.92. The van der Waals surface area contributed by atoms with Crippen LogP contribution in [0.3, 0.4) is 0 Å². The van der Waals surface area contributed by atoms with Gasteiger partial charge in [-0.2, -0.15) is 0 Å². The molecule has 20 heavy (non-hydrogen) atoms. The van der Waals surface area contributed by atoms with Crippen LogP contribution in [0.25, 0.3) is 22.3 Å². The lowest BCUT2D eigenvalue weighted by atomic mass is 10.2. The highest BCUT2D eigenvalue weighted by Gasteiger charge is 2.08. The van der Waals surface area contributed by atoms with E-state index < -0.39 is 0 Å². The van der Waals surface area contributed by atoms with E-state index in [9.17, 15) is 4.39 Å². The summed E-state index contributed by atoms with van der Waals surface area (Å²) in [5.74, 6) is 0.196. The number of hydrogen-bond donors (Lipinski definition) is 0. The molecule has 5 heteroatoms. The number of halogens is 2. The normalized spacial score (nSPS) is 10.9. The molecule has 100 valence electrons. The molecule has 0 aliphatic heterocycles. The van der Waals surface area contributed by atoms with Crippen LogP contribution in [0.4, 0.5) is 4.39 Å². The van der Waals surface area contributed by atoms with E-state index in [0.29, 0.717) is 16.7 Å². The van der Waals surface area contributed by atoms with Gasteiger partial charge < -0.3 is 0 Å². The summed E-state index contributed by atoms with van der Waals surface area (Å²) in [5.41, 5.74) is 1.52. The van der Waals surface area contributed by atoms with Crippen LogP contribution in [0.15, 0.2) is 47.4 Å². The Bertz CT molecular complexity index is 775. The van der Waals surface area contributed by atoms with Crippen molar-refractivity contribution >= 4 is 34.3 Å². The van der Waals surface area contributed by atoms with Gasteiger partial charge in [-0.15, -0.1) is 11.8 Å². The van der Waals surface area contributed by atoms with Crippen molar-refractivity contribution in [2.24, 2.45) is 0 Å². The largest absolute Gasteiger partial charge is 0.228 e. The van der Waals surface area contributed by atoms with Gasteiger partial charge in [-0.25, -0.2) is 14.4 Å². The van der Waals surface area contributed by atoms with Crippen molar-refractivity contribution < 1.29 is 4.39 Å². The van der Waals surface area contributed by atoms with Crippen molar-refractivity contribution in [2.45, 2.75) is 4.90 Å². The molecule has 0 amide bonds. The van der Waals surface area contributed by atoms with Crippen LogP contribution < -0.4 is 0 Å². The van der Waals surface area contributed by atoms with Crippen molar-refractivity contribution in [3.63, 3.8) is 0 Å². The number of aromatic nitrogens is 2. The number of thioether (sulfide) groups is 1. The number of rotatable bonds is 2. The molecule has 0 atom stereocenters. The van der Waals surface area contributed by atoms with Crippen LogP contribution in [0.2, 0.25) is 5.15 Å². The first-order valence-electron chi connectivity index (χ1n) is 5.94. The van der Waals surface area contributed by atoms with Gasteiger partial charge in [0.05, 0.1) is 5.52 Å². The van der Waals surface area contributed by atoms with Crippen molar-refractivity contribution in [2.75, 3.05) is 6.26 Å². The fourth-order valence-corrected chi connectivity index (χ4v) is 2.57. The molecule has 3 aromatic rings. The summed E-state index contributed by atoms with van der Waals surface area (Å²) in [4.78, 5) is 9.85. The zero-order chi connectivity index (χ0) is 14.1. The molecular formula is C15H10ClFN2S. The van der Waals surface area contributed by atoms with Crippen molar-refractivity contribution in [1.29, 1.82) is 0 Å². The summed E-state index contributed by atoms with van der Waals surface area (Å²) in [5, 5.41) is 0.787. The van der Waals surface area contributed by atoms with Crippen LogP contribution in [-0.4, -0.2) is 16.2 Å². The molecule has 0 spiro atoms. The van der Waals surface area contributed by atoms with E-state index in [-0.39, 0.29) is 11.0 Å². The number of hydrogen-bond acceptors (Lipinski definition) is 3. The van der Waals surface area contributed by atoms with Crippen LogP contribution in [0.5, 0.6) is 0 Å². The lowest BCUT2D eigenvalue weighted by Gasteiger charge is -2.05. The summed E-state index contributed by atoms with van der Waals surface area (Å²) < 4.78 is 13.2. The topological polar surface area (TPSA) is 25.8 Å². The Morgan fingerprint density at radius 1 is 1.05 bits per heavy atom. The monoisotopic (exact) mass is 304 g/mol. The molecule has 1 heterocycles. The Kier molecular flexibility index (Phi) is 3.59. The summed E-state index contributed by atoms with van der Waals surface area (Å²) in [7, 11) is 0. The second-order valence-corrected chi connectivity index (χ2v) is 5.47. The molecule has 0 N–H and O–H groups in total. The fraction of sp³-hybridized carbons (Fsp3) is 0.0667. The zero-order valence-corrected chi connectivity index (χ0v) is 12.2. The van der Waals surface area contributed by atoms with Gasteiger partial charge in [0.15, 0.2) is 5.82 Å². The van der Waals surface area contributed by atoms with Crippen molar-refractivity contribution in [3.05, 3.63) is 53.4 Å².